The maximum atomic E-state index is 11.8. The van der Waals surface area contributed by atoms with Gasteiger partial charge in [0.05, 0.1) is 5.25 Å². The molecule has 6 nitrogen and oxygen atoms in total. The Hall–Kier alpha value is -1.24. The highest BCUT2D eigenvalue weighted by Gasteiger charge is 2.33. The normalized spacial score (nSPS) is 21.0. The summed E-state index contributed by atoms with van der Waals surface area (Å²) in [4.78, 5) is 14.1. The van der Waals surface area contributed by atoms with Gasteiger partial charge in [-0.15, -0.1) is 10.2 Å². The Bertz CT molecular complexity index is 534. The number of nitrogens with one attached hydrogen (secondary N) is 1. The average molecular weight is 323 g/mol. The van der Waals surface area contributed by atoms with Crippen molar-refractivity contribution < 1.29 is 4.79 Å². The molecule has 0 bridgehead atoms. The molecule has 122 valence electrons. The summed E-state index contributed by atoms with van der Waals surface area (Å²) in [6.07, 6.45) is 4.82. The van der Waals surface area contributed by atoms with E-state index in [-0.39, 0.29) is 11.2 Å². The number of carbonyl (C=O) groups excluding carboxylic acids is 1. The van der Waals surface area contributed by atoms with Crippen LogP contribution in [0.1, 0.15) is 45.6 Å². The Morgan fingerprint density at radius 3 is 2.55 bits per heavy atom. The van der Waals surface area contributed by atoms with Crippen molar-refractivity contribution in [1.82, 2.24) is 20.1 Å². The fourth-order valence-corrected chi connectivity index (χ4v) is 3.81. The Morgan fingerprint density at radius 1 is 1.27 bits per heavy atom. The van der Waals surface area contributed by atoms with Crippen molar-refractivity contribution in [1.29, 1.82) is 0 Å². The molecule has 0 unspecified atom stereocenters. The third-order valence-corrected chi connectivity index (χ3v) is 5.58. The zero-order chi connectivity index (χ0) is 15.7. The summed E-state index contributed by atoms with van der Waals surface area (Å²) in [5.74, 6) is 1.83. The van der Waals surface area contributed by atoms with Crippen LogP contribution >= 0.6 is 11.8 Å². The third kappa shape index (κ3) is 3.24. The molecule has 1 aromatic rings. The first-order valence-electron chi connectivity index (χ1n) is 8.18. The van der Waals surface area contributed by atoms with Crippen LogP contribution in [0, 0.1) is 5.92 Å². The van der Waals surface area contributed by atoms with Crippen molar-refractivity contribution in [3.8, 4) is 0 Å². The topological polar surface area (TPSA) is 63.1 Å². The lowest BCUT2D eigenvalue weighted by atomic mass is 10.00. The Kier molecular flexibility index (Phi) is 4.61. The van der Waals surface area contributed by atoms with Crippen LogP contribution in [-0.2, 0) is 4.79 Å². The lowest BCUT2D eigenvalue weighted by Gasteiger charge is -2.31. The summed E-state index contributed by atoms with van der Waals surface area (Å²) in [6, 6.07) is 0.517. The molecule has 1 saturated heterocycles. The fraction of sp³-hybridized carbons (Fsp3) is 0.800. The predicted octanol–water partition coefficient (Wildman–Crippen LogP) is 2.08. The van der Waals surface area contributed by atoms with Crippen molar-refractivity contribution in [2.45, 2.75) is 56.0 Å². The van der Waals surface area contributed by atoms with E-state index in [4.69, 9.17) is 0 Å². The molecule has 1 aromatic heterocycles. The zero-order valence-corrected chi connectivity index (χ0v) is 14.4. The minimum Gasteiger partial charge on any atom is -0.358 e. The average Bonchev–Trinajstić information content (AvgIpc) is 3.28. The number of nitrogens with zero attached hydrogens (tertiary/aromatic N) is 4. The molecule has 0 radical (unpaired) electrons. The molecule has 1 amide bonds. The first-order chi connectivity index (χ1) is 10.6. The smallest absolute Gasteiger partial charge is 0.233 e. The predicted molar refractivity (Wildman–Crippen MR) is 88.3 cm³/mol. The standard InChI is InChI=1S/C15H25N5OS/c1-10-6-8-19(9-7-10)14-17-18-15(20(14)12-4-5-12)22-11(2)13(21)16-3/h10-12H,4-9H2,1-3H3,(H,16,21)/t11-/m1/s1. The molecule has 22 heavy (non-hydrogen) atoms. The molecule has 2 aliphatic rings. The van der Waals surface area contributed by atoms with E-state index >= 15 is 0 Å². The molecule has 0 spiro atoms. The summed E-state index contributed by atoms with van der Waals surface area (Å²) in [7, 11) is 1.67. The maximum Gasteiger partial charge on any atom is 0.233 e. The molecule has 2 heterocycles. The lowest BCUT2D eigenvalue weighted by molar-refractivity contribution is -0.119. The van der Waals surface area contributed by atoms with E-state index in [2.05, 4.69) is 31.9 Å². The first kappa shape index (κ1) is 15.6. The molecular formula is C15H25N5OS. The van der Waals surface area contributed by atoms with Crippen molar-refractivity contribution >= 4 is 23.6 Å². The van der Waals surface area contributed by atoms with Crippen LogP contribution in [0.5, 0.6) is 0 Å². The summed E-state index contributed by atoms with van der Waals surface area (Å²) in [6.45, 7) is 6.34. The van der Waals surface area contributed by atoms with E-state index in [0.717, 1.165) is 30.1 Å². The second kappa shape index (κ2) is 6.48. The number of amides is 1. The van der Waals surface area contributed by atoms with Crippen LogP contribution in [0.3, 0.4) is 0 Å². The van der Waals surface area contributed by atoms with E-state index in [9.17, 15) is 4.79 Å². The van der Waals surface area contributed by atoms with E-state index in [1.807, 2.05) is 6.92 Å². The Labute approximate surface area is 136 Å². The van der Waals surface area contributed by atoms with E-state index in [1.54, 1.807) is 7.05 Å². The number of rotatable bonds is 5. The zero-order valence-electron chi connectivity index (χ0n) is 13.6. The number of aromatic nitrogens is 3. The van der Waals surface area contributed by atoms with Crippen LogP contribution in [0.25, 0.3) is 0 Å². The van der Waals surface area contributed by atoms with Gasteiger partial charge in [0.25, 0.3) is 0 Å². The van der Waals surface area contributed by atoms with Gasteiger partial charge in [-0.25, -0.2) is 0 Å². The number of carbonyl (C=O) groups is 1. The highest BCUT2D eigenvalue weighted by atomic mass is 32.2. The van der Waals surface area contributed by atoms with Crippen molar-refractivity contribution in [3.05, 3.63) is 0 Å². The van der Waals surface area contributed by atoms with Crippen LogP contribution in [0.2, 0.25) is 0 Å². The second-order valence-corrected chi connectivity index (χ2v) is 7.74. The summed E-state index contributed by atoms with van der Waals surface area (Å²) < 4.78 is 2.26. The third-order valence-electron chi connectivity index (χ3n) is 4.52. The largest absolute Gasteiger partial charge is 0.358 e. The van der Waals surface area contributed by atoms with Gasteiger partial charge >= 0.3 is 0 Å². The monoisotopic (exact) mass is 323 g/mol. The SMILES string of the molecule is CNC(=O)[C@@H](C)Sc1nnc(N2CCC(C)CC2)n1C1CC1. The second-order valence-electron chi connectivity index (χ2n) is 6.43. The van der Waals surface area contributed by atoms with Gasteiger partial charge < -0.3 is 10.2 Å². The lowest BCUT2D eigenvalue weighted by Crippen LogP contribution is -2.34. The first-order valence-corrected chi connectivity index (χ1v) is 9.06. The summed E-state index contributed by atoms with van der Waals surface area (Å²) in [5.41, 5.74) is 0. The van der Waals surface area contributed by atoms with Gasteiger partial charge in [0.1, 0.15) is 0 Å². The molecule has 0 aromatic carbocycles. The van der Waals surface area contributed by atoms with E-state index < -0.39 is 0 Å². The number of piperidine rings is 1. The van der Waals surface area contributed by atoms with Crippen molar-refractivity contribution in [2.24, 2.45) is 5.92 Å². The Morgan fingerprint density at radius 2 is 1.95 bits per heavy atom. The molecule has 1 aliphatic carbocycles. The van der Waals surface area contributed by atoms with Crippen LogP contribution in [-0.4, -0.2) is 46.1 Å². The van der Waals surface area contributed by atoms with Crippen LogP contribution < -0.4 is 10.2 Å². The summed E-state index contributed by atoms with van der Waals surface area (Å²) in [5, 5.41) is 12.3. The maximum absolute atomic E-state index is 11.8. The van der Waals surface area contributed by atoms with Gasteiger partial charge in [-0.1, -0.05) is 18.7 Å². The van der Waals surface area contributed by atoms with Gasteiger partial charge in [0.2, 0.25) is 11.9 Å². The van der Waals surface area contributed by atoms with Gasteiger partial charge in [-0.3, -0.25) is 9.36 Å². The molecular weight excluding hydrogens is 298 g/mol. The molecule has 2 fully saturated rings. The number of anilines is 1. The number of hydrogen-bond acceptors (Lipinski definition) is 5. The number of hydrogen-bond donors (Lipinski definition) is 1. The molecule has 1 atom stereocenters. The van der Waals surface area contributed by atoms with Crippen molar-refractivity contribution in [2.75, 3.05) is 25.0 Å². The van der Waals surface area contributed by atoms with Crippen molar-refractivity contribution in [3.63, 3.8) is 0 Å². The van der Waals surface area contributed by atoms with E-state index in [1.165, 1.54) is 37.4 Å². The molecule has 1 N–H and O–H groups in total. The van der Waals surface area contributed by atoms with Gasteiger partial charge in [0.15, 0.2) is 5.16 Å². The molecule has 1 aliphatic heterocycles. The highest BCUT2D eigenvalue weighted by molar-refractivity contribution is 8.00. The number of thioether (sulfide) groups is 1. The fourth-order valence-electron chi connectivity index (χ4n) is 2.84. The van der Waals surface area contributed by atoms with E-state index in [0.29, 0.717) is 6.04 Å². The molecule has 1 saturated carbocycles. The van der Waals surface area contributed by atoms with Gasteiger partial charge in [-0.05, 0) is 38.5 Å². The Balaban J connectivity index is 1.78. The van der Waals surface area contributed by atoms with Gasteiger partial charge in [0, 0.05) is 26.2 Å². The quantitative estimate of drug-likeness (QED) is 0.841. The molecule has 3 rings (SSSR count). The van der Waals surface area contributed by atoms with Crippen LogP contribution in [0.15, 0.2) is 5.16 Å². The van der Waals surface area contributed by atoms with Gasteiger partial charge in [-0.2, -0.15) is 0 Å². The molecule has 7 heteroatoms. The minimum absolute atomic E-state index is 0.0312. The highest BCUT2D eigenvalue weighted by Crippen LogP contribution is 2.42. The van der Waals surface area contributed by atoms with Crippen LogP contribution in [0.4, 0.5) is 5.95 Å². The summed E-state index contributed by atoms with van der Waals surface area (Å²) >= 11 is 1.51. The minimum atomic E-state index is -0.152.